The fourth-order valence-electron chi connectivity index (χ4n) is 2.14. The molecule has 1 saturated carbocycles. The number of carboxylic acid groups (broad SMARTS) is 1. The molecule has 1 aliphatic rings. The third-order valence-corrected chi connectivity index (χ3v) is 4.53. The lowest BCUT2D eigenvalue weighted by Crippen LogP contribution is -2.38. The summed E-state index contributed by atoms with van der Waals surface area (Å²) in [6, 6.07) is 7.13. The number of aliphatic carboxylic acids is 1. The molecule has 1 fully saturated rings. The van der Waals surface area contributed by atoms with Crippen LogP contribution >= 0.6 is 0 Å². The Bertz CT molecular complexity index is 563. The van der Waals surface area contributed by atoms with Crippen molar-refractivity contribution in [1.29, 1.82) is 0 Å². The minimum Gasteiger partial charge on any atom is -0.480 e. The smallest absolute Gasteiger partial charge is 0.319 e. The first kappa shape index (κ1) is 14.7. The summed E-state index contributed by atoms with van der Waals surface area (Å²) in [6.07, 6.45) is 2.44. The topological polar surface area (TPSA) is 74.7 Å². The largest absolute Gasteiger partial charge is 0.480 e. The number of hydrogen-bond donors (Lipinski definition) is 1. The summed E-state index contributed by atoms with van der Waals surface area (Å²) in [5.74, 6) is -1.38. The van der Waals surface area contributed by atoms with E-state index in [-0.39, 0.29) is 5.91 Å². The van der Waals surface area contributed by atoms with E-state index in [9.17, 15) is 13.8 Å². The molecule has 0 saturated heterocycles. The number of benzene rings is 1. The Hall–Kier alpha value is -1.69. The first-order valence-corrected chi connectivity index (χ1v) is 7.84. The number of rotatable bonds is 5. The molecule has 6 heteroatoms. The van der Waals surface area contributed by atoms with Crippen molar-refractivity contribution in [3.8, 4) is 0 Å². The zero-order chi connectivity index (χ0) is 14.9. The van der Waals surface area contributed by atoms with Gasteiger partial charge in [-0.1, -0.05) is 12.1 Å². The van der Waals surface area contributed by atoms with Crippen LogP contribution in [-0.2, 0) is 26.9 Å². The average Bonchev–Trinajstić information content (AvgIpc) is 3.19. The normalized spacial score (nSPS) is 17.3. The lowest BCUT2D eigenvalue weighted by atomic mass is 10.1. The predicted octanol–water partition coefficient (Wildman–Crippen LogP) is 1.25. The van der Waals surface area contributed by atoms with Crippen molar-refractivity contribution in [3.05, 3.63) is 29.8 Å². The summed E-state index contributed by atoms with van der Waals surface area (Å²) in [4.78, 5) is 25.4. The minimum absolute atomic E-state index is 0.340. The molecule has 1 aromatic rings. The fraction of sp³-hybridized carbons (Fsp3) is 0.429. The van der Waals surface area contributed by atoms with E-state index in [1.807, 2.05) is 0 Å². The summed E-state index contributed by atoms with van der Waals surface area (Å²) < 4.78 is 11.3. The number of carbonyl (C=O) groups is 2. The van der Waals surface area contributed by atoms with E-state index in [0.29, 0.717) is 19.4 Å². The third kappa shape index (κ3) is 2.75. The van der Waals surface area contributed by atoms with Gasteiger partial charge in [-0.15, -0.1) is 0 Å². The highest BCUT2D eigenvalue weighted by atomic mass is 32.2. The standard InChI is InChI=1S/C14H17NO4S/c1-15(12(16)14(7-8-14)13(17)18)9-10-3-5-11(6-4-10)20(2)19/h3-6H,7-9H2,1-2H3,(H,17,18). The van der Waals surface area contributed by atoms with Gasteiger partial charge in [0.05, 0.1) is 0 Å². The predicted molar refractivity (Wildman–Crippen MR) is 74.6 cm³/mol. The lowest BCUT2D eigenvalue weighted by molar-refractivity contribution is -0.153. The van der Waals surface area contributed by atoms with Crippen LogP contribution in [-0.4, -0.2) is 39.4 Å². The molecule has 0 heterocycles. The average molecular weight is 295 g/mol. The van der Waals surface area contributed by atoms with Crippen molar-refractivity contribution in [3.63, 3.8) is 0 Å². The maximum Gasteiger partial charge on any atom is 0.319 e. The van der Waals surface area contributed by atoms with Gasteiger partial charge in [-0.2, -0.15) is 0 Å². The van der Waals surface area contributed by atoms with Gasteiger partial charge in [0, 0.05) is 35.5 Å². The second-order valence-corrected chi connectivity index (χ2v) is 6.53. The Morgan fingerprint density at radius 3 is 2.25 bits per heavy atom. The monoisotopic (exact) mass is 295 g/mol. The van der Waals surface area contributed by atoms with Crippen molar-refractivity contribution < 1.29 is 18.9 Å². The minimum atomic E-state index is -1.19. The van der Waals surface area contributed by atoms with E-state index in [1.165, 1.54) is 4.90 Å². The van der Waals surface area contributed by atoms with E-state index in [2.05, 4.69) is 0 Å². The van der Waals surface area contributed by atoms with Crippen LogP contribution in [0.1, 0.15) is 18.4 Å². The molecular weight excluding hydrogens is 278 g/mol. The Labute approximate surface area is 120 Å². The number of amides is 1. The van der Waals surface area contributed by atoms with E-state index < -0.39 is 22.2 Å². The summed E-state index contributed by atoms with van der Waals surface area (Å²) in [6.45, 7) is 0.352. The maximum absolute atomic E-state index is 12.1. The van der Waals surface area contributed by atoms with Crippen molar-refractivity contribution >= 4 is 22.7 Å². The molecule has 108 valence electrons. The Balaban J connectivity index is 2.04. The van der Waals surface area contributed by atoms with Crippen LogP contribution < -0.4 is 0 Å². The Morgan fingerprint density at radius 1 is 1.30 bits per heavy atom. The van der Waals surface area contributed by atoms with Gasteiger partial charge in [-0.3, -0.25) is 13.8 Å². The van der Waals surface area contributed by atoms with Crippen LogP contribution in [0.25, 0.3) is 0 Å². The fourth-order valence-corrected chi connectivity index (χ4v) is 2.66. The molecule has 0 bridgehead atoms. The second-order valence-electron chi connectivity index (χ2n) is 5.15. The quantitative estimate of drug-likeness (QED) is 0.830. The molecule has 1 amide bonds. The van der Waals surface area contributed by atoms with Crippen molar-refractivity contribution in [1.82, 2.24) is 4.90 Å². The number of carbonyl (C=O) groups excluding carboxylic acids is 1. The molecule has 0 spiro atoms. The molecule has 0 aliphatic heterocycles. The van der Waals surface area contributed by atoms with Crippen molar-refractivity contribution in [2.45, 2.75) is 24.3 Å². The number of nitrogens with zero attached hydrogens (tertiary/aromatic N) is 1. The molecule has 2 rings (SSSR count). The van der Waals surface area contributed by atoms with Gasteiger partial charge in [-0.05, 0) is 30.5 Å². The van der Waals surface area contributed by atoms with Gasteiger partial charge >= 0.3 is 5.97 Å². The summed E-state index contributed by atoms with van der Waals surface area (Å²) >= 11 is 0. The molecule has 0 radical (unpaired) electrons. The maximum atomic E-state index is 12.1. The molecule has 1 unspecified atom stereocenters. The Morgan fingerprint density at radius 2 is 1.85 bits per heavy atom. The first-order chi connectivity index (χ1) is 9.36. The van der Waals surface area contributed by atoms with Gasteiger partial charge in [0.15, 0.2) is 0 Å². The summed E-state index contributed by atoms with van der Waals surface area (Å²) in [7, 11) is 0.581. The van der Waals surface area contributed by atoms with Crippen molar-refractivity contribution in [2.75, 3.05) is 13.3 Å². The number of carboxylic acids is 1. The Kier molecular flexibility index (Phi) is 3.94. The van der Waals surface area contributed by atoms with E-state index in [0.717, 1.165) is 10.5 Å². The zero-order valence-corrected chi connectivity index (χ0v) is 12.3. The molecule has 20 heavy (non-hydrogen) atoms. The van der Waals surface area contributed by atoms with Crippen LogP contribution in [0.15, 0.2) is 29.2 Å². The third-order valence-electron chi connectivity index (χ3n) is 3.59. The highest BCUT2D eigenvalue weighted by molar-refractivity contribution is 7.84. The SMILES string of the molecule is CN(Cc1ccc(S(C)=O)cc1)C(=O)C1(C(=O)O)CC1. The molecule has 0 aromatic heterocycles. The first-order valence-electron chi connectivity index (χ1n) is 6.28. The molecule has 1 atom stereocenters. The molecule has 5 nitrogen and oxygen atoms in total. The van der Waals surface area contributed by atoms with E-state index in [4.69, 9.17) is 5.11 Å². The molecule has 1 aromatic carbocycles. The summed E-state index contributed by atoms with van der Waals surface area (Å²) in [5, 5.41) is 9.11. The highest BCUT2D eigenvalue weighted by Gasteiger charge is 2.58. The van der Waals surface area contributed by atoms with Crippen LogP contribution in [0.4, 0.5) is 0 Å². The second kappa shape index (κ2) is 5.36. The number of hydrogen-bond acceptors (Lipinski definition) is 3. The van der Waals surface area contributed by atoms with Gasteiger partial charge in [0.25, 0.3) is 0 Å². The van der Waals surface area contributed by atoms with Crippen LogP contribution in [0.2, 0.25) is 0 Å². The van der Waals surface area contributed by atoms with Gasteiger partial charge in [0.2, 0.25) is 5.91 Å². The van der Waals surface area contributed by atoms with E-state index in [1.54, 1.807) is 37.6 Å². The van der Waals surface area contributed by atoms with Crippen molar-refractivity contribution in [2.24, 2.45) is 5.41 Å². The molecule has 1 N–H and O–H groups in total. The van der Waals surface area contributed by atoms with Gasteiger partial charge in [-0.25, -0.2) is 0 Å². The molecule has 1 aliphatic carbocycles. The molecular formula is C14H17NO4S. The van der Waals surface area contributed by atoms with Crippen LogP contribution in [0.5, 0.6) is 0 Å². The van der Waals surface area contributed by atoms with Gasteiger partial charge in [0.1, 0.15) is 5.41 Å². The summed E-state index contributed by atoms with van der Waals surface area (Å²) in [5.41, 5.74) is -0.309. The van der Waals surface area contributed by atoms with Gasteiger partial charge < -0.3 is 10.0 Å². The van der Waals surface area contributed by atoms with E-state index >= 15 is 0 Å². The van der Waals surface area contributed by atoms with Crippen LogP contribution in [0, 0.1) is 5.41 Å². The lowest BCUT2D eigenvalue weighted by Gasteiger charge is -2.21. The van der Waals surface area contributed by atoms with Crippen LogP contribution in [0.3, 0.4) is 0 Å². The highest BCUT2D eigenvalue weighted by Crippen LogP contribution is 2.47. The zero-order valence-electron chi connectivity index (χ0n) is 11.5.